The van der Waals surface area contributed by atoms with Crippen LogP contribution in [0, 0.1) is 5.92 Å². The number of nitrogens with zero attached hydrogens (tertiary/aromatic N) is 2. The summed E-state index contributed by atoms with van der Waals surface area (Å²) >= 11 is 0. The first-order chi connectivity index (χ1) is 12.2. The molecule has 9 heteroatoms. The smallest absolute Gasteiger partial charge is 0.406 e. The number of alkyl halides is 3. The monoisotopic (exact) mass is 370 g/mol. The summed E-state index contributed by atoms with van der Waals surface area (Å²) in [5.74, 6) is -3.51. The summed E-state index contributed by atoms with van der Waals surface area (Å²) < 4.78 is 37.6. The van der Waals surface area contributed by atoms with Gasteiger partial charge >= 0.3 is 12.1 Å². The van der Waals surface area contributed by atoms with Crippen molar-refractivity contribution in [3.63, 3.8) is 0 Å². The van der Waals surface area contributed by atoms with Gasteiger partial charge in [-0.2, -0.15) is 13.2 Å². The van der Waals surface area contributed by atoms with E-state index in [4.69, 9.17) is 0 Å². The number of benzene rings is 1. The molecule has 0 saturated carbocycles. The summed E-state index contributed by atoms with van der Waals surface area (Å²) in [6.45, 7) is -1.60. The second kappa shape index (κ2) is 6.62. The normalized spacial score (nSPS) is 23.1. The van der Waals surface area contributed by atoms with Gasteiger partial charge in [-0.1, -0.05) is 24.3 Å². The summed E-state index contributed by atoms with van der Waals surface area (Å²) in [5.41, 5.74) is 1.32. The van der Waals surface area contributed by atoms with Gasteiger partial charge in [-0.05, 0) is 17.5 Å². The van der Waals surface area contributed by atoms with Gasteiger partial charge in [0.05, 0.1) is 5.92 Å². The number of carboxylic acids is 1. The fourth-order valence-electron chi connectivity index (χ4n) is 3.61. The zero-order valence-electron chi connectivity index (χ0n) is 13.7. The fraction of sp³-hybridized carbons (Fsp3) is 0.471. The molecular formula is C17H17F3N2O4. The van der Waals surface area contributed by atoms with E-state index in [1.807, 2.05) is 0 Å². The number of hydrogen-bond acceptors (Lipinski definition) is 3. The summed E-state index contributed by atoms with van der Waals surface area (Å²) in [6, 6.07) is 5.67. The molecule has 2 heterocycles. The van der Waals surface area contributed by atoms with Crippen LogP contribution in [0.4, 0.5) is 13.2 Å². The molecule has 0 spiro atoms. The van der Waals surface area contributed by atoms with Crippen molar-refractivity contribution in [1.82, 2.24) is 9.80 Å². The highest BCUT2D eigenvalue weighted by atomic mass is 19.4. The van der Waals surface area contributed by atoms with Crippen molar-refractivity contribution in [2.24, 2.45) is 5.92 Å². The van der Waals surface area contributed by atoms with Crippen molar-refractivity contribution in [1.29, 1.82) is 0 Å². The number of carbonyl (C=O) groups excluding carboxylic acids is 2. The van der Waals surface area contributed by atoms with Gasteiger partial charge in [-0.3, -0.25) is 9.59 Å². The van der Waals surface area contributed by atoms with Crippen molar-refractivity contribution in [3.05, 3.63) is 35.4 Å². The quantitative estimate of drug-likeness (QED) is 0.877. The lowest BCUT2D eigenvalue weighted by atomic mass is 9.91. The van der Waals surface area contributed by atoms with Crippen LogP contribution in [0.15, 0.2) is 24.3 Å². The van der Waals surface area contributed by atoms with Gasteiger partial charge in [0.2, 0.25) is 11.8 Å². The van der Waals surface area contributed by atoms with E-state index in [2.05, 4.69) is 0 Å². The molecule has 6 nitrogen and oxygen atoms in total. The highest BCUT2D eigenvalue weighted by molar-refractivity contribution is 5.92. The Labute approximate surface area is 147 Å². The Morgan fingerprint density at radius 3 is 2.58 bits per heavy atom. The third-order valence-corrected chi connectivity index (χ3v) is 4.73. The molecule has 26 heavy (non-hydrogen) atoms. The Bertz CT molecular complexity index is 750. The zero-order chi connectivity index (χ0) is 19.1. The second-order valence-electron chi connectivity index (χ2n) is 6.51. The average Bonchev–Trinajstić information content (AvgIpc) is 2.91. The lowest BCUT2D eigenvalue weighted by Gasteiger charge is -2.36. The number of aliphatic carboxylic acids is 1. The molecule has 0 aliphatic carbocycles. The molecule has 1 aromatic rings. The molecular weight excluding hydrogens is 353 g/mol. The third kappa shape index (κ3) is 3.51. The zero-order valence-corrected chi connectivity index (χ0v) is 13.7. The first kappa shape index (κ1) is 18.2. The summed E-state index contributed by atoms with van der Waals surface area (Å²) in [5, 5.41) is 9.58. The molecule has 1 aromatic carbocycles. The molecule has 2 unspecified atom stereocenters. The van der Waals surface area contributed by atoms with Gasteiger partial charge in [-0.25, -0.2) is 4.79 Å². The Balaban J connectivity index is 1.80. The van der Waals surface area contributed by atoms with Crippen molar-refractivity contribution >= 4 is 17.8 Å². The molecule has 1 saturated heterocycles. The predicted molar refractivity (Wildman–Crippen MR) is 83.0 cm³/mol. The van der Waals surface area contributed by atoms with Crippen molar-refractivity contribution in [2.75, 3.05) is 19.6 Å². The summed E-state index contributed by atoms with van der Waals surface area (Å²) in [7, 11) is 0. The SMILES string of the molecule is O=C(O)C1c2ccccc2CCN1C(=O)C1CC(=O)N(CC(F)(F)F)C1. The van der Waals surface area contributed by atoms with Gasteiger partial charge < -0.3 is 14.9 Å². The van der Waals surface area contributed by atoms with Crippen LogP contribution in [0.2, 0.25) is 0 Å². The van der Waals surface area contributed by atoms with Crippen LogP contribution in [-0.4, -0.2) is 58.5 Å². The van der Waals surface area contributed by atoms with Gasteiger partial charge in [0.1, 0.15) is 6.54 Å². The average molecular weight is 370 g/mol. The molecule has 0 aromatic heterocycles. The van der Waals surface area contributed by atoms with Crippen LogP contribution in [-0.2, 0) is 20.8 Å². The Morgan fingerprint density at radius 2 is 1.92 bits per heavy atom. The molecule has 0 radical (unpaired) electrons. The van der Waals surface area contributed by atoms with Crippen LogP contribution < -0.4 is 0 Å². The van der Waals surface area contributed by atoms with E-state index in [1.165, 1.54) is 4.90 Å². The summed E-state index contributed by atoms with van der Waals surface area (Å²) in [6.07, 6.45) is -4.42. The van der Waals surface area contributed by atoms with Gasteiger partial charge in [-0.15, -0.1) is 0 Å². The summed E-state index contributed by atoms with van der Waals surface area (Å²) in [4.78, 5) is 38.1. The number of rotatable bonds is 3. The number of likely N-dealkylation sites (tertiary alicyclic amines) is 1. The fourth-order valence-corrected chi connectivity index (χ4v) is 3.61. The topological polar surface area (TPSA) is 77.9 Å². The highest BCUT2D eigenvalue weighted by Crippen LogP contribution is 2.33. The van der Waals surface area contributed by atoms with Gasteiger partial charge in [0, 0.05) is 19.5 Å². The van der Waals surface area contributed by atoms with Crippen molar-refractivity contribution < 1.29 is 32.7 Å². The maximum Gasteiger partial charge on any atom is 0.406 e. The number of hydrogen-bond donors (Lipinski definition) is 1. The highest BCUT2D eigenvalue weighted by Gasteiger charge is 2.44. The van der Waals surface area contributed by atoms with Gasteiger partial charge in [0.25, 0.3) is 0 Å². The molecule has 2 aliphatic rings. The van der Waals surface area contributed by atoms with Crippen molar-refractivity contribution in [3.8, 4) is 0 Å². The minimum atomic E-state index is -4.54. The predicted octanol–water partition coefficient (Wildman–Crippen LogP) is 1.61. The first-order valence-electron chi connectivity index (χ1n) is 8.13. The van der Waals surface area contributed by atoms with Crippen LogP contribution in [0.1, 0.15) is 23.6 Å². The number of fused-ring (bicyclic) bond motifs is 1. The van der Waals surface area contributed by atoms with E-state index in [-0.39, 0.29) is 19.5 Å². The first-order valence-corrected chi connectivity index (χ1v) is 8.13. The second-order valence-corrected chi connectivity index (χ2v) is 6.51. The maximum absolute atomic E-state index is 12.8. The van der Waals surface area contributed by atoms with Crippen LogP contribution in [0.3, 0.4) is 0 Å². The van der Waals surface area contributed by atoms with E-state index in [0.717, 1.165) is 5.56 Å². The molecule has 2 atom stereocenters. The molecule has 2 amide bonds. The third-order valence-electron chi connectivity index (χ3n) is 4.73. The van der Waals surface area contributed by atoms with E-state index >= 15 is 0 Å². The number of carboxylic acid groups (broad SMARTS) is 1. The van der Waals surface area contributed by atoms with E-state index < -0.39 is 42.5 Å². The largest absolute Gasteiger partial charge is 0.479 e. The van der Waals surface area contributed by atoms with Crippen molar-refractivity contribution in [2.45, 2.75) is 25.1 Å². The number of amides is 2. The lowest BCUT2D eigenvalue weighted by molar-refractivity contribution is -0.157. The van der Waals surface area contributed by atoms with Crippen LogP contribution in [0.5, 0.6) is 0 Å². The van der Waals surface area contributed by atoms with Gasteiger partial charge in [0.15, 0.2) is 6.04 Å². The molecule has 0 bridgehead atoms. The Morgan fingerprint density at radius 1 is 1.23 bits per heavy atom. The minimum Gasteiger partial charge on any atom is -0.479 e. The Hall–Kier alpha value is -2.58. The molecule has 1 N–H and O–H groups in total. The minimum absolute atomic E-state index is 0.150. The lowest BCUT2D eigenvalue weighted by Crippen LogP contribution is -2.46. The van der Waals surface area contributed by atoms with E-state index in [0.29, 0.717) is 16.9 Å². The van der Waals surface area contributed by atoms with Crippen LogP contribution in [0.25, 0.3) is 0 Å². The molecule has 1 fully saturated rings. The Kier molecular flexibility index (Phi) is 4.64. The van der Waals surface area contributed by atoms with E-state index in [9.17, 15) is 32.7 Å². The van der Waals surface area contributed by atoms with Crippen LogP contribution >= 0.6 is 0 Å². The maximum atomic E-state index is 12.8. The standard InChI is InChI=1S/C17H17F3N2O4/c18-17(19,20)9-21-8-11(7-13(21)23)15(24)22-6-5-10-3-1-2-4-12(10)14(22)16(25)26/h1-4,11,14H,5-9H2,(H,25,26). The molecule has 3 rings (SSSR count). The van der Waals surface area contributed by atoms with E-state index in [1.54, 1.807) is 24.3 Å². The molecule has 2 aliphatic heterocycles. The number of carbonyl (C=O) groups is 3. The molecule has 140 valence electrons. The number of halogens is 3.